The summed E-state index contributed by atoms with van der Waals surface area (Å²) in [5, 5.41) is 15.4. The van der Waals surface area contributed by atoms with Crippen LogP contribution in [-0.2, 0) is 0 Å². The molecule has 1 aromatic carbocycles. The van der Waals surface area contributed by atoms with Crippen LogP contribution in [0.3, 0.4) is 0 Å². The van der Waals surface area contributed by atoms with Crippen LogP contribution in [0.25, 0.3) is 0 Å². The van der Waals surface area contributed by atoms with Gasteiger partial charge < -0.3 is 16.0 Å². The molecular formula is C16H18BN5O2. The Balaban J connectivity index is 1.69. The van der Waals surface area contributed by atoms with Crippen molar-refractivity contribution in [3.05, 3.63) is 41.7 Å². The van der Waals surface area contributed by atoms with E-state index in [4.69, 9.17) is 7.85 Å². The number of carbonyl (C=O) groups is 2. The third-order valence-electron chi connectivity index (χ3n) is 3.99. The van der Waals surface area contributed by atoms with Gasteiger partial charge in [-0.2, -0.15) is 5.10 Å². The Bertz CT molecular complexity index is 740. The minimum Gasteiger partial charge on any atom is -0.348 e. The SMILES string of the molecule is [B]c1ccccc1C(=O)Nc1cn[nH]c1C(=O)NC1CCNCC1. The summed E-state index contributed by atoms with van der Waals surface area (Å²) in [7, 11) is 5.80. The van der Waals surface area contributed by atoms with Crippen molar-refractivity contribution in [3.8, 4) is 0 Å². The first-order chi connectivity index (χ1) is 11.6. The van der Waals surface area contributed by atoms with Gasteiger partial charge in [0.25, 0.3) is 11.8 Å². The largest absolute Gasteiger partial charge is 0.348 e. The van der Waals surface area contributed by atoms with Crippen LogP contribution in [0.2, 0.25) is 0 Å². The summed E-state index contributed by atoms with van der Waals surface area (Å²) < 4.78 is 0. The van der Waals surface area contributed by atoms with E-state index in [2.05, 4.69) is 26.1 Å². The van der Waals surface area contributed by atoms with Crippen molar-refractivity contribution in [1.29, 1.82) is 0 Å². The first-order valence-corrected chi connectivity index (χ1v) is 7.86. The van der Waals surface area contributed by atoms with Crippen LogP contribution in [0.5, 0.6) is 0 Å². The Labute approximate surface area is 141 Å². The maximum absolute atomic E-state index is 12.4. The van der Waals surface area contributed by atoms with Crippen molar-refractivity contribution in [2.75, 3.05) is 18.4 Å². The van der Waals surface area contributed by atoms with Crippen LogP contribution in [0.1, 0.15) is 33.7 Å². The lowest BCUT2D eigenvalue weighted by Crippen LogP contribution is -2.43. The Morgan fingerprint density at radius 1 is 1.17 bits per heavy atom. The van der Waals surface area contributed by atoms with Crippen molar-refractivity contribution in [2.45, 2.75) is 18.9 Å². The highest BCUT2D eigenvalue weighted by molar-refractivity contribution is 6.37. The number of carbonyl (C=O) groups excluding carboxylic acids is 2. The van der Waals surface area contributed by atoms with Crippen LogP contribution in [0.15, 0.2) is 30.5 Å². The summed E-state index contributed by atoms with van der Waals surface area (Å²) in [5.74, 6) is -0.666. The first kappa shape index (κ1) is 16.3. The summed E-state index contributed by atoms with van der Waals surface area (Å²) in [6.07, 6.45) is 3.17. The molecule has 7 nitrogen and oxygen atoms in total. The molecule has 2 heterocycles. The fourth-order valence-electron chi connectivity index (χ4n) is 2.67. The quantitative estimate of drug-likeness (QED) is 0.592. The summed E-state index contributed by atoms with van der Waals surface area (Å²) >= 11 is 0. The van der Waals surface area contributed by atoms with Crippen molar-refractivity contribution in [1.82, 2.24) is 20.8 Å². The molecule has 1 saturated heterocycles. The predicted octanol–water partition coefficient (Wildman–Crippen LogP) is -0.0624. The van der Waals surface area contributed by atoms with E-state index < -0.39 is 0 Å². The van der Waals surface area contributed by atoms with Gasteiger partial charge in [-0.25, -0.2) is 0 Å². The number of benzene rings is 1. The molecule has 0 atom stereocenters. The molecular weight excluding hydrogens is 305 g/mol. The van der Waals surface area contributed by atoms with Gasteiger partial charge in [0.15, 0.2) is 0 Å². The van der Waals surface area contributed by atoms with Gasteiger partial charge in [-0.1, -0.05) is 29.7 Å². The number of aromatic nitrogens is 2. The van der Waals surface area contributed by atoms with Crippen LogP contribution in [0, 0.1) is 0 Å². The topological polar surface area (TPSA) is 98.9 Å². The molecule has 0 saturated carbocycles. The van der Waals surface area contributed by atoms with Gasteiger partial charge in [0.05, 0.1) is 11.9 Å². The molecule has 0 spiro atoms. The van der Waals surface area contributed by atoms with E-state index in [0.29, 0.717) is 16.7 Å². The maximum atomic E-state index is 12.4. The average Bonchev–Trinajstić information content (AvgIpc) is 3.04. The number of hydrogen-bond donors (Lipinski definition) is 4. The Hall–Kier alpha value is -2.61. The minimum atomic E-state index is -0.384. The lowest BCUT2D eigenvalue weighted by molar-refractivity contribution is 0.0925. The van der Waals surface area contributed by atoms with Gasteiger partial charge >= 0.3 is 0 Å². The maximum Gasteiger partial charge on any atom is 0.271 e. The van der Waals surface area contributed by atoms with Crippen LogP contribution in [0.4, 0.5) is 5.69 Å². The van der Waals surface area contributed by atoms with Gasteiger partial charge in [0.2, 0.25) is 0 Å². The normalized spacial score (nSPS) is 15.0. The molecule has 1 fully saturated rings. The molecule has 3 rings (SSSR count). The molecule has 1 aromatic heterocycles. The zero-order valence-corrected chi connectivity index (χ0v) is 13.1. The van der Waals surface area contributed by atoms with Crippen molar-refractivity contribution >= 4 is 30.8 Å². The third kappa shape index (κ3) is 3.65. The average molecular weight is 323 g/mol. The van der Waals surface area contributed by atoms with E-state index in [1.54, 1.807) is 24.3 Å². The monoisotopic (exact) mass is 323 g/mol. The first-order valence-electron chi connectivity index (χ1n) is 7.86. The molecule has 24 heavy (non-hydrogen) atoms. The highest BCUT2D eigenvalue weighted by Crippen LogP contribution is 2.14. The highest BCUT2D eigenvalue weighted by Gasteiger charge is 2.21. The zero-order valence-electron chi connectivity index (χ0n) is 13.1. The summed E-state index contributed by atoms with van der Waals surface area (Å²) in [6.45, 7) is 1.76. The number of nitrogens with zero attached hydrogens (tertiary/aromatic N) is 1. The van der Waals surface area contributed by atoms with E-state index in [1.165, 1.54) is 6.20 Å². The van der Waals surface area contributed by atoms with Gasteiger partial charge in [-0.3, -0.25) is 14.7 Å². The minimum absolute atomic E-state index is 0.121. The van der Waals surface area contributed by atoms with Crippen LogP contribution >= 0.6 is 0 Å². The molecule has 8 heteroatoms. The number of nitrogens with one attached hydrogen (secondary N) is 4. The van der Waals surface area contributed by atoms with E-state index in [9.17, 15) is 9.59 Å². The zero-order chi connectivity index (χ0) is 16.9. The molecule has 1 aliphatic heterocycles. The molecule has 4 N–H and O–H groups in total. The number of rotatable bonds is 4. The number of piperidine rings is 1. The summed E-state index contributed by atoms with van der Waals surface area (Å²) in [5.41, 5.74) is 1.29. The third-order valence-corrected chi connectivity index (χ3v) is 3.99. The van der Waals surface area contributed by atoms with Gasteiger partial charge in [-0.05, 0) is 25.9 Å². The lowest BCUT2D eigenvalue weighted by Gasteiger charge is -2.23. The van der Waals surface area contributed by atoms with Crippen molar-refractivity contribution in [3.63, 3.8) is 0 Å². The van der Waals surface area contributed by atoms with E-state index >= 15 is 0 Å². The number of aromatic amines is 1. The van der Waals surface area contributed by atoms with E-state index in [1.807, 2.05) is 0 Å². The number of hydrogen-bond acceptors (Lipinski definition) is 4. The van der Waals surface area contributed by atoms with E-state index in [0.717, 1.165) is 25.9 Å². The van der Waals surface area contributed by atoms with Gasteiger partial charge in [0, 0.05) is 11.6 Å². The molecule has 0 aliphatic carbocycles. The molecule has 1 aliphatic rings. The van der Waals surface area contributed by atoms with Crippen LogP contribution < -0.4 is 21.4 Å². The molecule has 2 amide bonds. The van der Waals surface area contributed by atoms with Gasteiger partial charge in [0.1, 0.15) is 13.5 Å². The second kappa shape index (κ2) is 7.31. The predicted molar refractivity (Wildman–Crippen MR) is 91.7 cm³/mol. The summed E-state index contributed by atoms with van der Waals surface area (Å²) in [4.78, 5) is 24.7. The standard InChI is InChI=1S/C16H18BN5O2/c17-12-4-2-1-3-11(12)15(23)21-13-9-19-22-14(13)16(24)20-10-5-7-18-8-6-10/h1-4,9-10,18H,5-8H2,(H,19,22)(H,20,24)(H,21,23). The number of amides is 2. The Morgan fingerprint density at radius 3 is 2.67 bits per heavy atom. The van der Waals surface area contributed by atoms with Crippen LogP contribution in [-0.4, -0.2) is 49.0 Å². The molecule has 2 aromatic rings. The molecule has 122 valence electrons. The number of anilines is 1. The smallest absolute Gasteiger partial charge is 0.271 e. The Morgan fingerprint density at radius 2 is 1.92 bits per heavy atom. The molecule has 2 radical (unpaired) electrons. The van der Waals surface area contributed by atoms with Gasteiger partial charge in [-0.15, -0.1) is 0 Å². The fourth-order valence-corrected chi connectivity index (χ4v) is 2.67. The summed E-state index contributed by atoms with van der Waals surface area (Å²) in [6, 6.07) is 6.87. The lowest BCUT2D eigenvalue weighted by atomic mass is 9.90. The second-order valence-corrected chi connectivity index (χ2v) is 5.70. The molecule has 0 bridgehead atoms. The van der Waals surface area contributed by atoms with E-state index in [-0.39, 0.29) is 23.6 Å². The number of H-pyrrole nitrogens is 1. The second-order valence-electron chi connectivity index (χ2n) is 5.70. The fraction of sp³-hybridized carbons (Fsp3) is 0.312. The van der Waals surface area contributed by atoms with Crippen molar-refractivity contribution in [2.24, 2.45) is 0 Å². The molecule has 0 unspecified atom stereocenters. The Kier molecular flexibility index (Phi) is 4.95. The highest BCUT2D eigenvalue weighted by atomic mass is 16.2. The van der Waals surface area contributed by atoms with Crippen molar-refractivity contribution < 1.29 is 9.59 Å².